The van der Waals surface area contributed by atoms with Gasteiger partial charge in [0.25, 0.3) is 0 Å². The van der Waals surface area contributed by atoms with Gasteiger partial charge in [0, 0.05) is 13.1 Å². The highest BCUT2D eigenvalue weighted by Crippen LogP contribution is 2.16. The Hall–Kier alpha value is -1.30. The van der Waals surface area contributed by atoms with Crippen LogP contribution in [0.3, 0.4) is 0 Å². The third-order valence-electron chi connectivity index (χ3n) is 2.68. The van der Waals surface area contributed by atoms with E-state index in [1.165, 1.54) is 0 Å². The maximum atomic E-state index is 11.5. The molecule has 1 heterocycles. The van der Waals surface area contributed by atoms with Crippen LogP contribution in [0, 0.1) is 5.92 Å². The molecule has 1 saturated heterocycles. The molecule has 1 fully saturated rings. The van der Waals surface area contributed by atoms with Crippen molar-refractivity contribution in [3.05, 3.63) is 0 Å². The number of rotatable bonds is 4. The van der Waals surface area contributed by atoms with Crippen LogP contribution in [0.2, 0.25) is 0 Å². The van der Waals surface area contributed by atoms with E-state index in [1.807, 2.05) is 6.92 Å². The molecule has 2 amide bonds. The van der Waals surface area contributed by atoms with Gasteiger partial charge in [0.15, 0.2) is 0 Å². The zero-order valence-electron chi connectivity index (χ0n) is 9.57. The molecule has 0 aromatic carbocycles. The van der Waals surface area contributed by atoms with Crippen molar-refractivity contribution in [3.63, 3.8) is 0 Å². The van der Waals surface area contributed by atoms with Crippen LogP contribution in [0.5, 0.6) is 0 Å². The molecule has 1 aliphatic rings. The number of amides is 2. The number of nitrogens with two attached hydrogens (primary N) is 1. The van der Waals surface area contributed by atoms with Gasteiger partial charge in [0.2, 0.25) is 5.91 Å². The van der Waals surface area contributed by atoms with E-state index in [0.29, 0.717) is 26.1 Å². The maximum Gasteiger partial charge on any atom is 0.409 e. The third-order valence-corrected chi connectivity index (χ3v) is 2.68. The number of hydrogen-bond acceptors (Lipinski definition) is 4. The van der Waals surface area contributed by atoms with E-state index < -0.39 is 0 Å². The third kappa shape index (κ3) is 3.37. The van der Waals surface area contributed by atoms with Gasteiger partial charge in [0.1, 0.15) is 0 Å². The number of nitrogens with zero attached hydrogens (tertiary/aromatic N) is 1. The normalized spacial score (nSPS) is 19.6. The van der Waals surface area contributed by atoms with E-state index in [1.54, 1.807) is 4.90 Å². The number of ether oxygens (including phenoxy) is 1. The van der Waals surface area contributed by atoms with Gasteiger partial charge < -0.3 is 9.64 Å². The second-order valence-corrected chi connectivity index (χ2v) is 3.91. The van der Waals surface area contributed by atoms with E-state index in [2.05, 4.69) is 5.43 Å². The summed E-state index contributed by atoms with van der Waals surface area (Å²) in [5.41, 5.74) is 2.10. The lowest BCUT2D eigenvalue weighted by Gasteiger charge is -2.15. The van der Waals surface area contributed by atoms with Crippen molar-refractivity contribution >= 4 is 12.0 Å². The highest BCUT2D eigenvalue weighted by Gasteiger charge is 2.31. The van der Waals surface area contributed by atoms with Crippen molar-refractivity contribution in [2.45, 2.75) is 26.2 Å². The first-order valence-corrected chi connectivity index (χ1v) is 5.61. The number of hydrazine groups is 1. The summed E-state index contributed by atoms with van der Waals surface area (Å²) >= 11 is 0. The van der Waals surface area contributed by atoms with Gasteiger partial charge in [-0.05, 0) is 12.8 Å². The first-order chi connectivity index (χ1) is 7.69. The zero-order valence-corrected chi connectivity index (χ0v) is 9.57. The second kappa shape index (κ2) is 6.32. The molecule has 1 unspecified atom stereocenters. The fourth-order valence-electron chi connectivity index (χ4n) is 1.65. The van der Waals surface area contributed by atoms with Crippen molar-refractivity contribution in [1.82, 2.24) is 10.3 Å². The maximum absolute atomic E-state index is 11.5. The molecule has 6 nitrogen and oxygen atoms in total. The van der Waals surface area contributed by atoms with E-state index in [9.17, 15) is 9.59 Å². The molecule has 1 atom stereocenters. The lowest BCUT2D eigenvalue weighted by atomic mass is 10.1. The lowest BCUT2D eigenvalue weighted by molar-refractivity contribution is -0.124. The molecule has 0 spiro atoms. The average Bonchev–Trinajstić information content (AvgIpc) is 2.77. The molecule has 16 heavy (non-hydrogen) atoms. The molecule has 1 rings (SSSR count). The summed E-state index contributed by atoms with van der Waals surface area (Å²) in [4.78, 5) is 24.3. The summed E-state index contributed by atoms with van der Waals surface area (Å²) in [6, 6.07) is 0. The molecule has 0 aliphatic carbocycles. The Morgan fingerprint density at radius 3 is 2.94 bits per heavy atom. The van der Waals surface area contributed by atoms with Crippen molar-refractivity contribution < 1.29 is 14.3 Å². The van der Waals surface area contributed by atoms with Gasteiger partial charge in [-0.3, -0.25) is 10.2 Å². The first-order valence-electron chi connectivity index (χ1n) is 5.61. The molecule has 92 valence electrons. The Labute approximate surface area is 95.1 Å². The molecule has 3 N–H and O–H groups in total. The summed E-state index contributed by atoms with van der Waals surface area (Å²) in [6.45, 7) is 3.43. The highest BCUT2D eigenvalue weighted by atomic mass is 16.6. The van der Waals surface area contributed by atoms with Crippen LogP contribution in [-0.4, -0.2) is 36.6 Å². The number of likely N-dealkylation sites (tertiary alicyclic amines) is 1. The SMILES string of the molecule is CCCCOC(=O)N1CCC(C(=O)NN)C1. The zero-order chi connectivity index (χ0) is 12.0. The smallest absolute Gasteiger partial charge is 0.409 e. The van der Waals surface area contributed by atoms with Crippen LogP contribution < -0.4 is 11.3 Å². The van der Waals surface area contributed by atoms with Crippen LogP contribution in [0.4, 0.5) is 4.79 Å². The Morgan fingerprint density at radius 1 is 1.56 bits per heavy atom. The van der Waals surface area contributed by atoms with Gasteiger partial charge in [0.05, 0.1) is 12.5 Å². The van der Waals surface area contributed by atoms with Crippen LogP contribution in [0.15, 0.2) is 0 Å². The molecular formula is C10H19N3O3. The average molecular weight is 229 g/mol. The second-order valence-electron chi connectivity index (χ2n) is 3.91. The molecule has 0 aromatic heterocycles. The van der Waals surface area contributed by atoms with Crippen LogP contribution in [0.25, 0.3) is 0 Å². The quantitative estimate of drug-likeness (QED) is 0.313. The molecule has 0 aromatic rings. The molecule has 0 bridgehead atoms. The predicted molar refractivity (Wildman–Crippen MR) is 58.3 cm³/mol. The van der Waals surface area contributed by atoms with Gasteiger partial charge >= 0.3 is 6.09 Å². The molecule has 0 radical (unpaired) electrons. The minimum atomic E-state index is -0.333. The van der Waals surface area contributed by atoms with E-state index >= 15 is 0 Å². The monoisotopic (exact) mass is 229 g/mol. The first kappa shape index (κ1) is 12.8. The largest absolute Gasteiger partial charge is 0.449 e. The molecule has 0 saturated carbocycles. The Kier molecular flexibility index (Phi) is 5.04. The van der Waals surface area contributed by atoms with Crippen molar-refractivity contribution in [1.29, 1.82) is 0 Å². The number of carbonyl (C=O) groups excluding carboxylic acids is 2. The summed E-state index contributed by atoms with van der Waals surface area (Å²) in [6.07, 6.45) is 2.17. The predicted octanol–water partition coefficient (Wildman–Crippen LogP) is 0.235. The molecule has 1 aliphatic heterocycles. The van der Waals surface area contributed by atoms with Gasteiger partial charge in [-0.1, -0.05) is 13.3 Å². The number of unbranched alkanes of at least 4 members (excludes halogenated alkanes) is 1. The Morgan fingerprint density at radius 2 is 2.31 bits per heavy atom. The minimum Gasteiger partial charge on any atom is -0.449 e. The number of nitrogens with one attached hydrogen (secondary N) is 1. The lowest BCUT2D eigenvalue weighted by Crippen LogP contribution is -2.38. The van der Waals surface area contributed by atoms with Crippen LogP contribution in [0.1, 0.15) is 26.2 Å². The topological polar surface area (TPSA) is 84.7 Å². The van der Waals surface area contributed by atoms with Gasteiger partial charge in [-0.2, -0.15) is 0 Å². The summed E-state index contributed by atoms with van der Waals surface area (Å²) in [7, 11) is 0. The summed E-state index contributed by atoms with van der Waals surface area (Å²) in [5, 5.41) is 0. The molecular weight excluding hydrogens is 210 g/mol. The minimum absolute atomic E-state index is 0.205. The fourth-order valence-corrected chi connectivity index (χ4v) is 1.65. The van der Waals surface area contributed by atoms with Crippen LogP contribution >= 0.6 is 0 Å². The van der Waals surface area contributed by atoms with Gasteiger partial charge in [-0.25, -0.2) is 10.6 Å². The van der Waals surface area contributed by atoms with Crippen LogP contribution in [-0.2, 0) is 9.53 Å². The number of hydrogen-bond donors (Lipinski definition) is 2. The van der Waals surface area contributed by atoms with Crippen molar-refractivity contribution in [2.24, 2.45) is 11.8 Å². The van der Waals surface area contributed by atoms with Gasteiger partial charge in [-0.15, -0.1) is 0 Å². The summed E-state index contributed by atoms with van der Waals surface area (Å²) < 4.78 is 5.05. The Balaban J connectivity index is 2.29. The van der Waals surface area contributed by atoms with Crippen molar-refractivity contribution in [3.8, 4) is 0 Å². The molecule has 6 heteroatoms. The highest BCUT2D eigenvalue weighted by molar-refractivity contribution is 5.79. The van der Waals surface area contributed by atoms with E-state index in [-0.39, 0.29) is 17.9 Å². The van der Waals surface area contributed by atoms with E-state index in [4.69, 9.17) is 10.6 Å². The van der Waals surface area contributed by atoms with E-state index in [0.717, 1.165) is 12.8 Å². The summed E-state index contributed by atoms with van der Waals surface area (Å²) in [5.74, 6) is 4.61. The fraction of sp³-hybridized carbons (Fsp3) is 0.800. The van der Waals surface area contributed by atoms with Crippen molar-refractivity contribution in [2.75, 3.05) is 19.7 Å². The Bertz CT molecular complexity index is 258. The standard InChI is InChI=1S/C10H19N3O3/c1-2-3-6-16-10(15)13-5-4-8(7-13)9(14)12-11/h8H,2-7,11H2,1H3,(H,12,14). The number of carbonyl (C=O) groups is 2.